The summed E-state index contributed by atoms with van der Waals surface area (Å²) in [4.78, 5) is 8.44. The number of carbonyl (C=O) groups is 1. The molecule has 0 saturated heterocycles. The molecule has 4 heteroatoms. The van der Waals surface area contributed by atoms with E-state index >= 15 is 0 Å². The summed E-state index contributed by atoms with van der Waals surface area (Å²) in [6, 6.07) is 0. The highest BCUT2D eigenvalue weighted by Gasteiger charge is 2.13. The van der Waals surface area contributed by atoms with E-state index in [-0.39, 0.29) is 0 Å². The van der Waals surface area contributed by atoms with E-state index in [4.69, 9.17) is 15.0 Å². The number of nitrogens with zero attached hydrogens (tertiary/aromatic N) is 1. The van der Waals surface area contributed by atoms with E-state index in [9.17, 15) is 0 Å². The molecule has 0 aliphatic rings. The second-order valence-electron chi connectivity index (χ2n) is 12.8. The van der Waals surface area contributed by atoms with Crippen LogP contribution in [0, 0.1) is 0 Å². The van der Waals surface area contributed by atoms with Crippen LogP contribution in [0.3, 0.4) is 0 Å². The normalized spacial score (nSPS) is 11.4. The molecule has 39 heavy (non-hydrogen) atoms. The third-order valence-corrected chi connectivity index (χ3v) is 8.23. The van der Waals surface area contributed by atoms with Crippen molar-refractivity contribution in [1.29, 1.82) is 0 Å². The van der Waals surface area contributed by atoms with Gasteiger partial charge in [-0.1, -0.05) is 168 Å². The fourth-order valence-corrected chi connectivity index (χ4v) is 5.58. The van der Waals surface area contributed by atoms with Gasteiger partial charge in [-0.25, -0.2) is 0 Å². The van der Waals surface area contributed by atoms with Crippen molar-refractivity contribution in [1.82, 2.24) is 0 Å². The average molecular weight is 556 g/mol. The Morgan fingerprint density at radius 3 is 0.769 bits per heavy atom. The van der Waals surface area contributed by atoms with Crippen LogP contribution in [0.2, 0.25) is 0 Å². The van der Waals surface area contributed by atoms with Crippen LogP contribution in [0.1, 0.15) is 194 Å². The molecule has 0 spiro atoms. The Kier molecular flexibility index (Phi) is 34.6. The van der Waals surface area contributed by atoms with Crippen LogP contribution >= 0.6 is 0 Å². The van der Waals surface area contributed by atoms with Gasteiger partial charge in [0, 0.05) is 0 Å². The van der Waals surface area contributed by atoms with Crippen molar-refractivity contribution in [3.8, 4) is 0 Å². The molecule has 0 atom stereocenters. The van der Waals surface area contributed by atoms with Gasteiger partial charge in [-0.05, 0) is 25.7 Å². The highest BCUT2D eigenvalue weighted by Crippen LogP contribution is 2.15. The average Bonchev–Trinajstić information content (AvgIpc) is 2.88. The Hall–Kier alpha value is -0.770. The quantitative estimate of drug-likeness (QED) is 0.0708. The van der Waals surface area contributed by atoms with Crippen molar-refractivity contribution in [3.05, 3.63) is 0 Å². The highest BCUT2D eigenvalue weighted by atomic mass is 16.6. The number of quaternary nitrogens is 1. The number of unbranched alkanes of at least 4 members (excludes halogenated alkanes) is 26. The van der Waals surface area contributed by atoms with Gasteiger partial charge in [0.25, 0.3) is 0 Å². The molecule has 0 aromatic rings. The molecule has 4 nitrogen and oxygen atoms in total. The zero-order valence-corrected chi connectivity index (χ0v) is 27.4. The second kappa shape index (κ2) is 33.4. The lowest BCUT2D eigenvalue weighted by Gasteiger charge is -2.30. The maximum atomic E-state index is 8.44. The van der Waals surface area contributed by atoms with Crippen molar-refractivity contribution in [3.63, 3.8) is 0 Å². The molecule has 0 aromatic carbocycles. The van der Waals surface area contributed by atoms with Crippen LogP contribution < -0.4 is 5.11 Å². The maximum absolute atomic E-state index is 8.44. The SMILES string of the molecule is CCCCCCCCCCCCCCCC[N+](C)(C)CCCCCCCCCCCCCCCC.O=C([O-])O. The molecule has 0 saturated carbocycles. The van der Waals surface area contributed by atoms with Crippen molar-refractivity contribution in [2.24, 2.45) is 0 Å². The Balaban J connectivity index is 0. The highest BCUT2D eigenvalue weighted by molar-refractivity contribution is 5.50. The number of hydrogen-bond donors (Lipinski definition) is 1. The van der Waals surface area contributed by atoms with Crippen LogP contribution in [0.15, 0.2) is 0 Å². The van der Waals surface area contributed by atoms with Gasteiger partial charge >= 0.3 is 0 Å². The van der Waals surface area contributed by atoms with Crippen LogP contribution in [0.4, 0.5) is 4.79 Å². The summed E-state index contributed by atoms with van der Waals surface area (Å²) in [6.07, 6.45) is 38.9. The van der Waals surface area contributed by atoms with Crippen molar-refractivity contribution in [2.45, 2.75) is 194 Å². The summed E-state index contributed by atoms with van der Waals surface area (Å²) in [5.74, 6) is 0. The summed E-state index contributed by atoms with van der Waals surface area (Å²) < 4.78 is 1.25. The minimum Gasteiger partial charge on any atom is -0.565 e. The first kappa shape index (κ1) is 40.4. The summed E-state index contributed by atoms with van der Waals surface area (Å²) in [7, 11) is 4.93. The molecular formula is C35H73NO3. The molecule has 0 heterocycles. The molecule has 1 N–H and O–H groups in total. The molecule has 0 aromatic heterocycles. The van der Waals surface area contributed by atoms with Crippen molar-refractivity contribution < 1.29 is 19.5 Å². The molecule has 0 aliphatic heterocycles. The van der Waals surface area contributed by atoms with E-state index in [1.165, 1.54) is 197 Å². The monoisotopic (exact) mass is 556 g/mol. The maximum Gasteiger partial charge on any atom is 0.249 e. The van der Waals surface area contributed by atoms with Crippen LogP contribution in [-0.2, 0) is 0 Å². The molecule has 236 valence electrons. The Morgan fingerprint density at radius 2 is 0.590 bits per heavy atom. The molecule has 0 amide bonds. The summed E-state index contributed by atoms with van der Waals surface area (Å²) in [5.41, 5.74) is 0. The predicted octanol–water partition coefficient (Wildman–Crippen LogP) is 10.9. The standard InChI is InChI=1S/C34H72N.CH2O3/c1-5-7-9-11-13-15-17-19-21-23-25-27-29-31-33-35(3,4)34-32-30-28-26-24-22-20-18-16-14-12-10-8-6-2;2-1(3)4/h5-34H2,1-4H3;(H2,2,3,4)/q+1;/p-1. The first-order chi connectivity index (χ1) is 18.9. The molecule has 0 aliphatic carbocycles. The summed E-state index contributed by atoms with van der Waals surface area (Å²) in [6.45, 7) is 7.38. The van der Waals surface area contributed by atoms with Crippen LogP contribution in [0.25, 0.3) is 0 Å². The smallest absolute Gasteiger partial charge is 0.249 e. The van der Waals surface area contributed by atoms with E-state index < -0.39 is 6.16 Å². The second-order valence-corrected chi connectivity index (χ2v) is 12.8. The Morgan fingerprint density at radius 1 is 0.436 bits per heavy atom. The summed E-state index contributed by atoms with van der Waals surface area (Å²) >= 11 is 0. The Labute approximate surface area is 246 Å². The Bertz CT molecular complexity index is 429. The van der Waals surface area contributed by atoms with E-state index in [1.54, 1.807) is 0 Å². The molecular weight excluding hydrogens is 482 g/mol. The lowest BCUT2D eigenvalue weighted by Crippen LogP contribution is -2.41. The van der Waals surface area contributed by atoms with Crippen molar-refractivity contribution in [2.75, 3.05) is 27.2 Å². The van der Waals surface area contributed by atoms with Gasteiger partial charge in [0.05, 0.1) is 27.2 Å². The van der Waals surface area contributed by atoms with Gasteiger partial charge in [0.15, 0.2) is 0 Å². The molecule has 0 fully saturated rings. The largest absolute Gasteiger partial charge is 0.565 e. The van der Waals surface area contributed by atoms with Gasteiger partial charge in [0.1, 0.15) is 0 Å². The van der Waals surface area contributed by atoms with E-state index in [0.29, 0.717) is 0 Å². The number of rotatable bonds is 30. The van der Waals surface area contributed by atoms with Gasteiger partial charge < -0.3 is 19.5 Å². The van der Waals surface area contributed by atoms with E-state index in [2.05, 4.69) is 27.9 Å². The lowest BCUT2D eigenvalue weighted by molar-refractivity contribution is -0.890. The fraction of sp³-hybridized carbons (Fsp3) is 0.971. The van der Waals surface area contributed by atoms with E-state index in [0.717, 1.165) is 0 Å². The van der Waals surface area contributed by atoms with Gasteiger partial charge in [-0.15, -0.1) is 0 Å². The van der Waals surface area contributed by atoms with Gasteiger partial charge in [-0.2, -0.15) is 0 Å². The minimum atomic E-state index is -2.08. The topological polar surface area (TPSA) is 60.4 Å². The summed E-state index contributed by atoms with van der Waals surface area (Å²) in [5, 5.41) is 15.3. The first-order valence-corrected chi connectivity index (χ1v) is 17.6. The molecule has 0 radical (unpaired) electrons. The minimum absolute atomic E-state index is 1.25. The third-order valence-electron chi connectivity index (χ3n) is 8.23. The third kappa shape index (κ3) is 41.8. The van der Waals surface area contributed by atoms with Crippen molar-refractivity contribution >= 4 is 6.16 Å². The first-order valence-electron chi connectivity index (χ1n) is 17.6. The van der Waals surface area contributed by atoms with Gasteiger partial charge in [0.2, 0.25) is 6.16 Å². The number of hydrogen-bond acceptors (Lipinski definition) is 2. The van der Waals surface area contributed by atoms with E-state index in [1.807, 2.05) is 0 Å². The predicted molar refractivity (Wildman–Crippen MR) is 170 cm³/mol. The zero-order chi connectivity index (χ0) is 29.3. The van der Waals surface area contributed by atoms with Crippen LogP contribution in [-0.4, -0.2) is 42.9 Å². The molecule has 0 unspecified atom stereocenters. The van der Waals surface area contributed by atoms with Gasteiger partial charge in [-0.3, -0.25) is 0 Å². The van der Waals surface area contributed by atoms with Crippen LogP contribution in [0.5, 0.6) is 0 Å². The fourth-order valence-electron chi connectivity index (χ4n) is 5.58. The lowest BCUT2D eigenvalue weighted by atomic mass is 10.0. The number of carboxylic acid groups (broad SMARTS) is 2. The molecule has 0 rings (SSSR count). The molecule has 0 bridgehead atoms. The zero-order valence-electron chi connectivity index (χ0n) is 27.4.